The molecular formula is C11H14FIN2O. The van der Waals surface area contributed by atoms with Gasteiger partial charge in [-0.1, -0.05) is 0 Å². The lowest BCUT2D eigenvalue weighted by Gasteiger charge is -2.12. The van der Waals surface area contributed by atoms with E-state index in [-0.39, 0.29) is 11.7 Å². The summed E-state index contributed by atoms with van der Waals surface area (Å²) in [5.74, 6) is -0.177. The smallest absolute Gasteiger partial charge is 0.223 e. The molecule has 0 aliphatic carbocycles. The quantitative estimate of drug-likeness (QED) is 0.856. The molecule has 0 aliphatic heterocycles. The van der Waals surface area contributed by atoms with Crippen LogP contribution in [0.1, 0.15) is 6.42 Å². The van der Waals surface area contributed by atoms with Crippen molar-refractivity contribution in [2.75, 3.05) is 26.0 Å². The Labute approximate surface area is 108 Å². The molecule has 0 saturated carbocycles. The van der Waals surface area contributed by atoms with E-state index >= 15 is 0 Å². The normalized spacial score (nSPS) is 10.0. The van der Waals surface area contributed by atoms with Gasteiger partial charge in [-0.2, -0.15) is 0 Å². The zero-order chi connectivity index (χ0) is 12.1. The highest BCUT2D eigenvalue weighted by molar-refractivity contribution is 14.1. The largest absolute Gasteiger partial charge is 0.384 e. The van der Waals surface area contributed by atoms with E-state index < -0.39 is 0 Å². The van der Waals surface area contributed by atoms with Crippen LogP contribution in [0, 0.1) is 9.39 Å². The third-order valence-corrected chi connectivity index (χ3v) is 2.98. The minimum absolute atomic E-state index is 0.0737. The van der Waals surface area contributed by atoms with Gasteiger partial charge in [-0.15, -0.1) is 0 Å². The predicted octanol–water partition coefficient (Wildman–Crippen LogP) is 2.32. The Hall–Kier alpha value is -0.850. The number of benzene rings is 1. The van der Waals surface area contributed by atoms with Crippen molar-refractivity contribution in [3.05, 3.63) is 27.6 Å². The minimum atomic E-state index is -0.251. The van der Waals surface area contributed by atoms with Crippen molar-refractivity contribution in [1.82, 2.24) is 4.90 Å². The number of anilines is 1. The number of carbonyl (C=O) groups is 1. The van der Waals surface area contributed by atoms with Gasteiger partial charge in [-0.25, -0.2) is 4.39 Å². The molecule has 5 heteroatoms. The molecule has 0 saturated heterocycles. The number of halogens is 2. The van der Waals surface area contributed by atoms with Crippen molar-refractivity contribution in [3.63, 3.8) is 0 Å². The first-order valence-electron chi connectivity index (χ1n) is 4.90. The molecular weight excluding hydrogens is 322 g/mol. The van der Waals surface area contributed by atoms with Gasteiger partial charge in [0, 0.05) is 36.3 Å². The molecule has 0 fully saturated rings. The zero-order valence-corrected chi connectivity index (χ0v) is 11.4. The number of rotatable bonds is 4. The van der Waals surface area contributed by atoms with Crippen molar-refractivity contribution >= 4 is 34.2 Å². The number of nitrogens with zero attached hydrogens (tertiary/aromatic N) is 1. The Bertz CT molecular complexity index is 382. The Morgan fingerprint density at radius 2 is 2.19 bits per heavy atom. The lowest BCUT2D eigenvalue weighted by atomic mass is 10.3. The van der Waals surface area contributed by atoms with Crippen LogP contribution in [0.2, 0.25) is 0 Å². The summed E-state index contributed by atoms with van der Waals surface area (Å²) in [5.41, 5.74) is 0.855. The summed E-state index contributed by atoms with van der Waals surface area (Å²) in [4.78, 5) is 12.8. The van der Waals surface area contributed by atoms with Crippen LogP contribution in [0.4, 0.5) is 10.1 Å². The van der Waals surface area contributed by atoms with Crippen LogP contribution in [0.3, 0.4) is 0 Å². The minimum Gasteiger partial charge on any atom is -0.384 e. The number of hydrogen-bond acceptors (Lipinski definition) is 2. The predicted molar refractivity (Wildman–Crippen MR) is 70.9 cm³/mol. The van der Waals surface area contributed by atoms with Gasteiger partial charge in [0.1, 0.15) is 5.82 Å². The van der Waals surface area contributed by atoms with Crippen LogP contribution in [-0.2, 0) is 4.79 Å². The fourth-order valence-corrected chi connectivity index (χ4v) is 1.83. The SMILES string of the molecule is CN(C)C(=O)CCNc1ccc(F)cc1I. The van der Waals surface area contributed by atoms with Gasteiger partial charge >= 0.3 is 0 Å². The highest BCUT2D eigenvalue weighted by atomic mass is 127. The first-order chi connectivity index (χ1) is 7.50. The van der Waals surface area contributed by atoms with E-state index in [2.05, 4.69) is 27.9 Å². The topological polar surface area (TPSA) is 32.3 Å². The summed E-state index contributed by atoms with van der Waals surface area (Å²) in [5, 5.41) is 3.10. The van der Waals surface area contributed by atoms with E-state index in [0.29, 0.717) is 13.0 Å². The fourth-order valence-electron chi connectivity index (χ4n) is 1.16. The Kier molecular flexibility index (Phi) is 4.98. The van der Waals surface area contributed by atoms with E-state index in [9.17, 15) is 9.18 Å². The maximum absolute atomic E-state index is 12.8. The Morgan fingerprint density at radius 3 is 2.75 bits per heavy atom. The van der Waals surface area contributed by atoms with Crippen molar-refractivity contribution in [2.45, 2.75) is 6.42 Å². The summed E-state index contributed by atoms with van der Waals surface area (Å²) in [6, 6.07) is 4.53. The molecule has 1 rings (SSSR count). The second-order valence-corrected chi connectivity index (χ2v) is 4.75. The second kappa shape index (κ2) is 6.03. The molecule has 3 nitrogen and oxygen atoms in total. The first kappa shape index (κ1) is 13.2. The molecule has 1 N–H and O–H groups in total. The van der Waals surface area contributed by atoms with Crippen LogP contribution >= 0.6 is 22.6 Å². The molecule has 88 valence electrons. The monoisotopic (exact) mass is 336 g/mol. The summed E-state index contributed by atoms with van der Waals surface area (Å²) in [6.45, 7) is 0.554. The van der Waals surface area contributed by atoms with Gasteiger partial charge in [0.05, 0.1) is 0 Å². The van der Waals surface area contributed by atoms with E-state index in [1.807, 2.05) is 0 Å². The highest BCUT2D eigenvalue weighted by Crippen LogP contribution is 2.18. The highest BCUT2D eigenvalue weighted by Gasteiger charge is 2.04. The number of nitrogens with one attached hydrogen (secondary N) is 1. The molecule has 0 heterocycles. The van der Waals surface area contributed by atoms with Gasteiger partial charge in [0.2, 0.25) is 5.91 Å². The standard InChI is InChI=1S/C11H14FIN2O/c1-15(2)11(16)5-6-14-10-4-3-8(12)7-9(10)13/h3-4,7,14H,5-6H2,1-2H3. The number of hydrogen-bond donors (Lipinski definition) is 1. The second-order valence-electron chi connectivity index (χ2n) is 3.59. The molecule has 16 heavy (non-hydrogen) atoms. The summed E-state index contributed by atoms with van der Waals surface area (Å²) in [7, 11) is 3.45. The van der Waals surface area contributed by atoms with Crippen molar-refractivity contribution < 1.29 is 9.18 Å². The lowest BCUT2D eigenvalue weighted by Crippen LogP contribution is -2.24. The molecule has 0 aromatic heterocycles. The van der Waals surface area contributed by atoms with Crippen LogP contribution in [0.25, 0.3) is 0 Å². The van der Waals surface area contributed by atoms with Gasteiger partial charge in [-0.05, 0) is 40.8 Å². The maximum Gasteiger partial charge on any atom is 0.223 e. The van der Waals surface area contributed by atoms with Gasteiger partial charge in [0.25, 0.3) is 0 Å². The van der Waals surface area contributed by atoms with E-state index in [1.54, 1.807) is 25.1 Å². The molecule has 0 atom stereocenters. The third-order valence-electron chi connectivity index (χ3n) is 2.08. The van der Waals surface area contributed by atoms with Crippen molar-refractivity contribution in [1.29, 1.82) is 0 Å². The lowest BCUT2D eigenvalue weighted by molar-refractivity contribution is -0.128. The third kappa shape index (κ3) is 3.96. The summed E-state index contributed by atoms with van der Waals surface area (Å²) >= 11 is 2.06. The average molecular weight is 336 g/mol. The molecule has 0 aliphatic rings. The number of amides is 1. The zero-order valence-electron chi connectivity index (χ0n) is 9.26. The van der Waals surface area contributed by atoms with Crippen molar-refractivity contribution in [3.8, 4) is 0 Å². The average Bonchev–Trinajstić information content (AvgIpc) is 2.20. The molecule has 1 aromatic rings. The summed E-state index contributed by atoms with van der Waals surface area (Å²) in [6.07, 6.45) is 0.431. The van der Waals surface area contributed by atoms with Crippen LogP contribution in [0.15, 0.2) is 18.2 Å². The van der Waals surface area contributed by atoms with Gasteiger partial charge < -0.3 is 10.2 Å². The fraction of sp³-hybridized carbons (Fsp3) is 0.364. The van der Waals surface area contributed by atoms with Crippen LogP contribution in [-0.4, -0.2) is 31.4 Å². The van der Waals surface area contributed by atoms with Crippen LogP contribution in [0.5, 0.6) is 0 Å². The molecule has 0 bridgehead atoms. The molecule has 1 amide bonds. The Morgan fingerprint density at radius 1 is 1.50 bits per heavy atom. The van der Waals surface area contributed by atoms with E-state index in [0.717, 1.165) is 9.26 Å². The van der Waals surface area contributed by atoms with E-state index in [1.165, 1.54) is 12.1 Å². The maximum atomic E-state index is 12.8. The summed E-state index contributed by atoms with van der Waals surface area (Å²) < 4.78 is 13.6. The molecule has 1 aromatic carbocycles. The van der Waals surface area contributed by atoms with E-state index in [4.69, 9.17) is 0 Å². The van der Waals surface area contributed by atoms with Crippen molar-refractivity contribution in [2.24, 2.45) is 0 Å². The molecule has 0 unspecified atom stereocenters. The number of carbonyl (C=O) groups excluding carboxylic acids is 1. The molecule has 0 radical (unpaired) electrons. The van der Waals surface area contributed by atoms with Gasteiger partial charge in [-0.3, -0.25) is 4.79 Å². The molecule has 0 spiro atoms. The van der Waals surface area contributed by atoms with Gasteiger partial charge in [0.15, 0.2) is 0 Å². The Balaban J connectivity index is 2.46. The van der Waals surface area contributed by atoms with Crippen LogP contribution < -0.4 is 5.32 Å². The first-order valence-corrected chi connectivity index (χ1v) is 5.97.